The molecule has 1 nitrogen and oxygen atoms in total. The summed E-state index contributed by atoms with van der Waals surface area (Å²) < 4.78 is 78.0. The molecule has 3 rings (SSSR count). The molecule has 0 saturated carbocycles. The summed E-state index contributed by atoms with van der Waals surface area (Å²) in [5, 5.41) is 0.240. The second kappa shape index (κ2) is 4.16. The van der Waals surface area contributed by atoms with E-state index in [0.717, 1.165) is 22.6 Å². The zero-order chi connectivity index (χ0) is 15.4. The van der Waals surface area contributed by atoms with Gasteiger partial charge in [-0.25, -0.2) is 0 Å². The maximum absolute atomic E-state index is 13.0. The van der Waals surface area contributed by atoms with Crippen molar-refractivity contribution in [3.8, 4) is 0 Å². The summed E-state index contributed by atoms with van der Waals surface area (Å²) in [6, 6.07) is 6.37. The zero-order valence-corrected chi connectivity index (χ0v) is 10.3. The third-order valence-electron chi connectivity index (χ3n) is 3.25. The third-order valence-corrected chi connectivity index (χ3v) is 3.25. The molecule has 0 atom stereocenters. The van der Waals surface area contributed by atoms with E-state index in [9.17, 15) is 26.3 Å². The van der Waals surface area contributed by atoms with Crippen LogP contribution in [-0.2, 0) is 12.4 Å². The highest BCUT2D eigenvalue weighted by molar-refractivity contribution is 5.97. The number of halogens is 6. The van der Waals surface area contributed by atoms with E-state index in [0.29, 0.717) is 5.39 Å². The topological polar surface area (TPSA) is 4.41 Å². The molecule has 0 aliphatic heterocycles. The summed E-state index contributed by atoms with van der Waals surface area (Å²) in [6.07, 6.45) is -8.02. The normalized spacial score (nSPS) is 13.2. The molecular weight excluding hydrogens is 296 g/mol. The Morgan fingerprint density at radius 2 is 1.52 bits per heavy atom. The summed E-state index contributed by atoms with van der Waals surface area (Å²) in [4.78, 5) is 0. The van der Waals surface area contributed by atoms with E-state index in [4.69, 9.17) is 0 Å². The lowest BCUT2D eigenvalue weighted by molar-refractivity contribution is -0.141. The average molecular weight is 303 g/mol. The van der Waals surface area contributed by atoms with Gasteiger partial charge in [0, 0.05) is 11.6 Å². The van der Waals surface area contributed by atoms with E-state index in [1.54, 1.807) is 0 Å². The molecule has 0 fully saturated rings. The van der Waals surface area contributed by atoms with Crippen molar-refractivity contribution < 1.29 is 26.3 Å². The number of alkyl halides is 6. The van der Waals surface area contributed by atoms with Gasteiger partial charge in [0.15, 0.2) is 0 Å². The lowest BCUT2D eigenvalue weighted by Gasteiger charge is -2.14. The molecule has 0 N–H and O–H groups in total. The van der Waals surface area contributed by atoms with Crippen molar-refractivity contribution >= 4 is 16.3 Å². The van der Waals surface area contributed by atoms with Crippen molar-refractivity contribution in [1.29, 1.82) is 0 Å². The second-order valence-corrected chi connectivity index (χ2v) is 4.59. The number of hydrogen-bond donors (Lipinski definition) is 0. The average Bonchev–Trinajstić information content (AvgIpc) is 2.83. The van der Waals surface area contributed by atoms with Crippen LogP contribution in [0.25, 0.3) is 16.3 Å². The van der Waals surface area contributed by atoms with Crippen LogP contribution >= 0.6 is 0 Å². The number of nitrogens with zero attached hydrogens (tertiary/aromatic N) is 1. The fraction of sp³-hybridized carbons (Fsp3) is 0.143. The SMILES string of the molecule is FC(F)(F)c1ccc2c(c1)cc(C(F)(F)F)n1cccc21. The van der Waals surface area contributed by atoms with Crippen LogP contribution in [-0.4, -0.2) is 4.40 Å². The van der Waals surface area contributed by atoms with Crippen LogP contribution in [0.5, 0.6) is 0 Å². The molecule has 110 valence electrons. The molecule has 21 heavy (non-hydrogen) atoms. The Kier molecular flexibility index (Phi) is 2.73. The van der Waals surface area contributed by atoms with E-state index < -0.39 is 23.6 Å². The molecule has 7 heteroatoms. The summed E-state index contributed by atoms with van der Waals surface area (Å²) in [6.45, 7) is 0. The number of pyridine rings is 1. The van der Waals surface area contributed by atoms with E-state index in [1.807, 2.05) is 0 Å². The highest BCUT2D eigenvalue weighted by Crippen LogP contribution is 2.36. The fourth-order valence-electron chi connectivity index (χ4n) is 2.34. The van der Waals surface area contributed by atoms with E-state index >= 15 is 0 Å². The van der Waals surface area contributed by atoms with Crippen molar-refractivity contribution in [3.05, 3.63) is 53.9 Å². The Bertz CT molecular complexity index is 825. The van der Waals surface area contributed by atoms with Crippen molar-refractivity contribution in [2.24, 2.45) is 0 Å². The van der Waals surface area contributed by atoms with Gasteiger partial charge in [0.1, 0.15) is 5.69 Å². The molecule has 0 radical (unpaired) electrons. The second-order valence-electron chi connectivity index (χ2n) is 4.59. The van der Waals surface area contributed by atoms with Crippen molar-refractivity contribution in [1.82, 2.24) is 4.40 Å². The van der Waals surface area contributed by atoms with Crippen LogP contribution in [0.2, 0.25) is 0 Å². The van der Waals surface area contributed by atoms with Gasteiger partial charge in [-0.05, 0) is 35.7 Å². The number of fused-ring (bicyclic) bond motifs is 3. The summed E-state index contributed by atoms with van der Waals surface area (Å²) in [7, 11) is 0. The van der Waals surface area contributed by atoms with Crippen molar-refractivity contribution in [2.45, 2.75) is 12.4 Å². The molecule has 3 aromatic rings. The van der Waals surface area contributed by atoms with Gasteiger partial charge in [0.25, 0.3) is 0 Å². The van der Waals surface area contributed by atoms with Crippen molar-refractivity contribution in [2.75, 3.05) is 0 Å². The first-order chi connectivity index (χ1) is 9.68. The lowest BCUT2D eigenvalue weighted by atomic mass is 10.1. The van der Waals surface area contributed by atoms with Crippen LogP contribution in [0.3, 0.4) is 0 Å². The predicted molar refractivity (Wildman–Crippen MR) is 64.9 cm³/mol. The quantitative estimate of drug-likeness (QED) is 0.507. The Morgan fingerprint density at radius 1 is 0.810 bits per heavy atom. The Morgan fingerprint density at radius 3 is 2.14 bits per heavy atom. The maximum Gasteiger partial charge on any atom is 0.431 e. The molecular formula is C14H7F6N. The molecule has 1 aromatic carbocycles. The fourth-order valence-corrected chi connectivity index (χ4v) is 2.34. The number of hydrogen-bond acceptors (Lipinski definition) is 0. The highest BCUT2D eigenvalue weighted by Gasteiger charge is 2.35. The summed E-state index contributed by atoms with van der Waals surface area (Å²) in [5.74, 6) is 0. The first kappa shape index (κ1) is 13.8. The minimum absolute atomic E-state index is 0.0941. The zero-order valence-electron chi connectivity index (χ0n) is 10.3. The number of benzene rings is 1. The van der Waals surface area contributed by atoms with Gasteiger partial charge in [-0.3, -0.25) is 0 Å². The molecule has 0 spiro atoms. The number of aromatic nitrogens is 1. The number of rotatable bonds is 0. The van der Waals surface area contributed by atoms with Crippen LogP contribution in [0.4, 0.5) is 26.3 Å². The van der Waals surface area contributed by atoms with Gasteiger partial charge in [-0.2, -0.15) is 26.3 Å². The van der Waals surface area contributed by atoms with Gasteiger partial charge in [0.05, 0.1) is 11.1 Å². The third kappa shape index (κ3) is 2.22. The predicted octanol–water partition coefficient (Wildman–Crippen LogP) is 5.13. The van der Waals surface area contributed by atoms with Gasteiger partial charge >= 0.3 is 12.4 Å². The van der Waals surface area contributed by atoms with Crippen LogP contribution in [0.1, 0.15) is 11.3 Å². The Balaban J connectivity index is 2.40. The Hall–Kier alpha value is -2.18. The van der Waals surface area contributed by atoms with E-state index in [1.165, 1.54) is 24.4 Å². The minimum atomic E-state index is -4.65. The summed E-state index contributed by atoms with van der Waals surface area (Å²) >= 11 is 0. The van der Waals surface area contributed by atoms with Crippen LogP contribution < -0.4 is 0 Å². The molecule has 0 saturated heterocycles. The van der Waals surface area contributed by atoms with Crippen LogP contribution in [0.15, 0.2) is 42.6 Å². The van der Waals surface area contributed by atoms with Gasteiger partial charge in [0.2, 0.25) is 0 Å². The van der Waals surface area contributed by atoms with Gasteiger partial charge < -0.3 is 4.40 Å². The maximum atomic E-state index is 13.0. The van der Waals surface area contributed by atoms with E-state index in [2.05, 4.69) is 0 Å². The van der Waals surface area contributed by atoms with Gasteiger partial charge in [-0.15, -0.1) is 0 Å². The highest BCUT2D eigenvalue weighted by atomic mass is 19.4. The largest absolute Gasteiger partial charge is 0.431 e. The van der Waals surface area contributed by atoms with Crippen LogP contribution in [0, 0.1) is 0 Å². The molecule has 0 unspecified atom stereocenters. The first-order valence-corrected chi connectivity index (χ1v) is 5.86. The molecule has 0 amide bonds. The first-order valence-electron chi connectivity index (χ1n) is 5.86. The minimum Gasteiger partial charge on any atom is -0.312 e. The molecule has 0 bridgehead atoms. The molecule has 2 heterocycles. The standard InChI is InChI=1S/C14H7F6N/c15-13(16,17)9-3-4-10-8(6-9)7-12(14(18,19)20)21-5-1-2-11(10)21/h1-7H. The monoisotopic (exact) mass is 303 g/mol. The Labute approximate surface area is 114 Å². The molecule has 2 aromatic heterocycles. The smallest absolute Gasteiger partial charge is 0.312 e. The summed E-state index contributed by atoms with van der Waals surface area (Å²) in [5.41, 5.74) is -1.76. The lowest BCUT2D eigenvalue weighted by Crippen LogP contribution is -2.11. The molecule has 0 aliphatic rings. The van der Waals surface area contributed by atoms with Gasteiger partial charge in [-0.1, -0.05) is 6.07 Å². The van der Waals surface area contributed by atoms with Crippen molar-refractivity contribution in [3.63, 3.8) is 0 Å². The molecule has 0 aliphatic carbocycles. The van der Waals surface area contributed by atoms with E-state index in [-0.39, 0.29) is 10.9 Å².